The molecular formula is C13H19BrFNO2. The summed E-state index contributed by atoms with van der Waals surface area (Å²) in [5.41, 5.74) is 0.926. The fourth-order valence-corrected chi connectivity index (χ4v) is 1.86. The Morgan fingerprint density at radius 1 is 1.28 bits per heavy atom. The molecule has 0 aliphatic heterocycles. The van der Waals surface area contributed by atoms with Crippen molar-refractivity contribution in [1.82, 2.24) is 5.32 Å². The zero-order chi connectivity index (χ0) is 13.2. The fourth-order valence-electron chi connectivity index (χ4n) is 1.45. The van der Waals surface area contributed by atoms with Gasteiger partial charge in [-0.15, -0.1) is 0 Å². The van der Waals surface area contributed by atoms with E-state index in [1.807, 2.05) is 6.07 Å². The lowest BCUT2D eigenvalue weighted by Crippen LogP contribution is -2.17. The van der Waals surface area contributed by atoms with Crippen molar-refractivity contribution >= 4 is 15.9 Å². The van der Waals surface area contributed by atoms with Crippen LogP contribution in [0.1, 0.15) is 12.0 Å². The Hall–Kier alpha value is -0.490. The lowest BCUT2D eigenvalue weighted by molar-refractivity contribution is 0.0695. The third kappa shape index (κ3) is 5.91. The number of benzene rings is 1. The smallest absolute Gasteiger partial charge is 0.137 e. The molecule has 0 atom stereocenters. The van der Waals surface area contributed by atoms with Crippen LogP contribution in [0.2, 0.25) is 0 Å². The normalized spacial score (nSPS) is 10.8. The van der Waals surface area contributed by atoms with Crippen LogP contribution in [0.25, 0.3) is 0 Å². The molecule has 0 bridgehead atoms. The van der Waals surface area contributed by atoms with Gasteiger partial charge >= 0.3 is 0 Å². The first-order valence-corrected chi connectivity index (χ1v) is 6.75. The third-order valence-corrected chi connectivity index (χ3v) is 3.31. The van der Waals surface area contributed by atoms with Gasteiger partial charge in [-0.2, -0.15) is 0 Å². The predicted octanol–water partition coefficient (Wildman–Crippen LogP) is 2.73. The molecule has 0 aromatic heterocycles. The van der Waals surface area contributed by atoms with Crippen molar-refractivity contribution in [2.24, 2.45) is 0 Å². The molecule has 0 aliphatic rings. The Bertz CT molecular complexity index is 350. The molecule has 1 aromatic rings. The Labute approximate surface area is 116 Å². The first kappa shape index (κ1) is 15.6. The van der Waals surface area contributed by atoms with E-state index in [-0.39, 0.29) is 5.82 Å². The number of ether oxygens (including phenoxy) is 2. The highest BCUT2D eigenvalue weighted by Crippen LogP contribution is 2.19. The summed E-state index contributed by atoms with van der Waals surface area (Å²) in [6, 6.07) is 5.05. The second-order valence-corrected chi connectivity index (χ2v) is 4.64. The van der Waals surface area contributed by atoms with E-state index < -0.39 is 0 Å². The molecule has 5 heteroatoms. The van der Waals surface area contributed by atoms with Crippen LogP contribution in [0.3, 0.4) is 0 Å². The molecule has 1 N–H and O–H groups in total. The molecule has 3 nitrogen and oxygen atoms in total. The molecular weight excluding hydrogens is 301 g/mol. The molecule has 18 heavy (non-hydrogen) atoms. The number of rotatable bonds is 9. The second-order valence-electron chi connectivity index (χ2n) is 3.85. The van der Waals surface area contributed by atoms with Crippen molar-refractivity contribution in [2.45, 2.75) is 13.0 Å². The fraction of sp³-hybridized carbons (Fsp3) is 0.538. The molecule has 0 heterocycles. The highest BCUT2D eigenvalue weighted by Gasteiger charge is 2.03. The molecule has 0 fully saturated rings. The SMILES string of the molecule is COCCOCCCNCc1cccc(F)c1Br. The molecule has 0 radical (unpaired) electrons. The van der Waals surface area contributed by atoms with E-state index in [4.69, 9.17) is 9.47 Å². The average molecular weight is 320 g/mol. The predicted molar refractivity (Wildman–Crippen MR) is 73.1 cm³/mol. The minimum absolute atomic E-state index is 0.225. The molecule has 0 spiro atoms. The van der Waals surface area contributed by atoms with E-state index in [0.717, 1.165) is 18.5 Å². The molecule has 1 aromatic carbocycles. The Kier molecular flexibility index (Phi) is 8.17. The Morgan fingerprint density at radius 2 is 2.11 bits per heavy atom. The number of methoxy groups -OCH3 is 1. The van der Waals surface area contributed by atoms with Gasteiger partial charge < -0.3 is 14.8 Å². The number of nitrogens with one attached hydrogen (secondary N) is 1. The summed E-state index contributed by atoms with van der Waals surface area (Å²) in [5, 5.41) is 3.25. The van der Waals surface area contributed by atoms with Crippen LogP contribution in [-0.2, 0) is 16.0 Å². The van der Waals surface area contributed by atoms with E-state index in [0.29, 0.717) is 30.8 Å². The monoisotopic (exact) mass is 319 g/mol. The van der Waals surface area contributed by atoms with Crippen molar-refractivity contribution in [3.63, 3.8) is 0 Å². The van der Waals surface area contributed by atoms with Gasteiger partial charge in [-0.25, -0.2) is 4.39 Å². The van der Waals surface area contributed by atoms with Crippen LogP contribution in [0.4, 0.5) is 4.39 Å². The first-order valence-electron chi connectivity index (χ1n) is 5.96. The maximum Gasteiger partial charge on any atom is 0.137 e. The lowest BCUT2D eigenvalue weighted by atomic mass is 10.2. The molecule has 0 amide bonds. The summed E-state index contributed by atoms with van der Waals surface area (Å²) in [6.07, 6.45) is 0.927. The van der Waals surface area contributed by atoms with Gasteiger partial charge in [-0.05, 0) is 40.5 Å². The van der Waals surface area contributed by atoms with E-state index >= 15 is 0 Å². The largest absolute Gasteiger partial charge is 0.382 e. The zero-order valence-corrected chi connectivity index (χ0v) is 12.1. The van der Waals surface area contributed by atoms with Gasteiger partial charge in [0.2, 0.25) is 0 Å². The topological polar surface area (TPSA) is 30.5 Å². The molecule has 0 aliphatic carbocycles. The summed E-state index contributed by atoms with van der Waals surface area (Å²) < 4.78 is 24.0. The molecule has 0 saturated heterocycles. The van der Waals surface area contributed by atoms with Crippen LogP contribution < -0.4 is 5.32 Å². The van der Waals surface area contributed by atoms with Gasteiger partial charge in [0.15, 0.2) is 0 Å². The van der Waals surface area contributed by atoms with Crippen LogP contribution in [0.15, 0.2) is 22.7 Å². The van der Waals surface area contributed by atoms with Gasteiger partial charge in [0, 0.05) is 20.3 Å². The van der Waals surface area contributed by atoms with Crippen LogP contribution in [-0.4, -0.2) is 33.5 Å². The summed E-state index contributed by atoms with van der Waals surface area (Å²) in [6.45, 7) is 3.46. The maximum atomic E-state index is 13.2. The average Bonchev–Trinajstić information content (AvgIpc) is 2.37. The van der Waals surface area contributed by atoms with Gasteiger partial charge in [-0.3, -0.25) is 0 Å². The van der Waals surface area contributed by atoms with Crippen molar-refractivity contribution in [1.29, 1.82) is 0 Å². The van der Waals surface area contributed by atoms with Crippen molar-refractivity contribution in [3.05, 3.63) is 34.1 Å². The van der Waals surface area contributed by atoms with E-state index in [1.165, 1.54) is 6.07 Å². The number of hydrogen-bond donors (Lipinski definition) is 1. The highest BCUT2D eigenvalue weighted by molar-refractivity contribution is 9.10. The first-order chi connectivity index (χ1) is 8.75. The summed E-state index contributed by atoms with van der Waals surface area (Å²) >= 11 is 3.24. The second kappa shape index (κ2) is 9.44. The Morgan fingerprint density at radius 3 is 2.89 bits per heavy atom. The van der Waals surface area contributed by atoms with Crippen molar-refractivity contribution in [3.8, 4) is 0 Å². The van der Waals surface area contributed by atoms with Crippen molar-refractivity contribution < 1.29 is 13.9 Å². The van der Waals surface area contributed by atoms with Crippen LogP contribution in [0.5, 0.6) is 0 Å². The van der Waals surface area contributed by atoms with E-state index in [2.05, 4.69) is 21.2 Å². The Balaban J connectivity index is 2.09. The zero-order valence-electron chi connectivity index (χ0n) is 10.5. The lowest BCUT2D eigenvalue weighted by Gasteiger charge is -2.08. The van der Waals surface area contributed by atoms with Gasteiger partial charge in [0.1, 0.15) is 5.82 Å². The van der Waals surface area contributed by atoms with Gasteiger partial charge in [0.05, 0.1) is 17.7 Å². The third-order valence-electron chi connectivity index (χ3n) is 2.42. The van der Waals surface area contributed by atoms with Crippen molar-refractivity contribution in [2.75, 3.05) is 33.5 Å². The quantitative estimate of drug-likeness (QED) is 0.710. The highest BCUT2D eigenvalue weighted by atomic mass is 79.9. The van der Waals surface area contributed by atoms with Gasteiger partial charge in [-0.1, -0.05) is 12.1 Å². The minimum Gasteiger partial charge on any atom is -0.382 e. The number of hydrogen-bond acceptors (Lipinski definition) is 3. The van der Waals surface area contributed by atoms with Crippen LogP contribution in [0, 0.1) is 5.82 Å². The summed E-state index contributed by atoms with van der Waals surface area (Å²) in [5.74, 6) is -0.225. The van der Waals surface area contributed by atoms with Gasteiger partial charge in [0.25, 0.3) is 0 Å². The molecule has 1 rings (SSSR count). The molecule has 0 unspecified atom stereocenters. The number of halogens is 2. The standard InChI is InChI=1S/C13H19BrFNO2/c1-17-8-9-18-7-3-6-16-10-11-4-2-5-12(15)13(11)14/h2,4-5,16H,3,6-10H2,1H3. The summed E-state index contributed by atoms with van der Waals surface area (Å²) in [7, 11) is 1.65. The molecule has 102 valence electrons. The minimum atomic E-state index is -0.225. The maximum absolute atomic E-state index is 13.2. The molecule has 0 saturated carbocycles. The summed E-state index contributed by atoms with van der Waals surface area (Å²) in [4.78, 5) is 0. The van der Waals surface area contributed by atoms with E-state index in [1.54, 1.807) is 13.2 Å². The van der Waals surface area contributed by atoms with Crippen LogP contribution >= 0.6 is 15.9 Å². The van der Waals surface area contributed by atoms with E-state index in [9.17, 15) is 4.39 Å².